The third-order valence-electron chi connectivity index (χ3n) is 2.83. The van der Waals surface area contributed by atoms with E-state index in [0.29, 0.717) is 19.4 Å². The second-order valence-electron chi connectivity index (χ2n) is 4.79. The average molecular weight is 377 g/mol. The van der Waals surface area contributed by atoms with Gasteiger partial charge in [-0.1, -0.05) is 52.5 Å². The molecule has 0 saturated heterocycles. The van der Waals surface area contributed by atoms with Gasteiger partial charge < -0.3 is 4.74 Å². The van der Waals surface area contributed by atoms with Crippen LogP contribution < -0.4 is 0 Å². The summed E-state index contributed by atoms with van der Waals surface area (Å²) in [6.45, 7) is 2.25. The summed E-state index contributed by atoms with van der Waals surface area (Å²) in [7, 11) is 0. The molecule has 0 aromatic heterocycles. The van der Waals surface area contributed by atoms with Crippen LogP contribution in [0.15, 0.2) is 11.1 Å². The van der Waals surface area contributed by atoms with Crippen molar-refractivity contribution in [1.82, 2.24) is 0 Å². The molecule has 0 bridgehead atoms. The summed E-state index contributed by atoms with van der Waals surface area (Å²) < 4.78 is 4.84. The summed E-state index contributed by atoms with van der Waals surface area (Å²) in [5.74, 6) is 17.6. The monoisotopic (exact) mass is 376 g/mol. The van der Waals surface area contributed by atoms with Gasteiger partial charge in [-0.2, -0.15) is 0 Å². The molecule has 0 amide bonds. The van der Waals surface area contributed by atoms with E-state index in [9.17, 15) is 4.79 Å². The molecule has 0 aromatic rings. The summed E-state index contributed by atoms with van der Waals surface area (Å²) >= 11 is 3.18. The minimum absolute atomic E-state index is 0.147. The first-order valence-electron chi connectivity index (χ1n) is 8.16. The second-order valence-corrected chi connectivity index (χ2v) is 5.32. The molecular formula is C20H25BrO2. The first kappa shape index (κ1) is 21.4. The number of carbonyl (C=O) groups excluding carboxylic acids is 1. The topological polar surface area (TPSA) is 26.3 Å². The van der Waals surface area contributed by atoms with E-state index in [0.717, 1.165) is 32.1 Å². The van der Waals surface area contributed by atoms with Crippen molar-refractivity contribution in [2.75, 3.05) is 6.61 Å². The van der Waals surface area contributed by atoms with Gasteiger partial charge in [-0.15, -0.1) is 0 Å². The van der Waals surface area contributed by atoms with E-state index in [2.05, 4.69) is 51.5 Å². The molecule has 3 heteroatoms. The van der Waals surface area contributed by atoms with Crippen molar-refractivity contribution in [3.8, 4) is 35.5 Å². The standard InChI is InChI=1S/C20H25BrO2/c1-2-23-20(22)18-16-14-12-10-8-6-4-3-5-7-9-11-13-15-17-19-21/h17,19H,2-5,7,9,11,14,16,18H2,1H3/b19-17+. The molecule has 2 nitrogen and oxygen atoms in total. The summed E-state index contributed by atoms with van der Waals surface area (Å²) in [6, 6.07) is 0. The van der Waals surface area contributed by atoms with Crippen LogP contribution in [0, 0.1) is 35.5 Å². The number of hydrogen-bond donors (Lipinski definition) is 0. The van der Waals surface area contributed by atoms with Crippen LogP contribution in [0.5, 0.6) is 0 Å². The van der Waals surface area contributed by atoms with Gasteiger partial charge in [0.2, 0.25) is 0 Å². The lowest BCUT2D eigenvalue weighted by Crippen LogP contribution is -2.02. The van der Waals surface area contributed by atoms with Crippen LogP contribution in [-0.2, 0) is 9.53 Å². The van der Waals surface area contributed by atoms with Gasteiger partial charge in [-0.05, 0) is 49.1 Å². The number of hydrogen-bond acceptors (Lipinski definition) is 2. The maximum Gasteiger partial charge on any atom is 0.305 e. The fourth-order valence-corrected chi connectivity index (χ4v) is 1.84. The number of unbranched alkanes of at least 4 members (excludes halogenated alkanes) is 6. The maximum absolute atomic E-state index is 11.1. The molecule has 0 saturated carbocycles. The Morgan fingerprint density at radius 2 is 1.57 bits per heavy atom. The highest BCUT2D eigenvalue weighted by Gasteiger charge is 1.98. The van der Waals surface area contributed by atoms with Crippen LogP contribution in [0.25, 0.3) is 0 Å². The van der Waals surface area contributed by atoms with E-state index in [1.807, 2.05) is 6.92 Å². The maximum atomic E-state index is 11.1. The zero-order valence-electron chi connectivity index (χ0n) is 13.9. The van der Waals surface area contributed by atoms with E-state index in [1.165, 1.54) is 12.8 Å². The predicted octanol–water partition coefficient (Wildman–Crippen LogP) is 4.98. The van der Waals surface area contributed by atoms with Crippen LogP contribution in [0.2, 0.25) is 0 Å². The molecule has 0 aliphatic carbocycles. The van der Waals surface area contributed by atoms with Crippen molar-refractivity contribution in [3.63, 3.8) is 0 Å². The fourth-order valence-electron chi connectivity index (χ4n) is 1.71. The van der Waals surface area contributed by atoms with Gasteiger partial charge in [-0.3, -0.25) is 4.79 Å². The Balaban J connectivity index is 3.45. The van der Waals surface area contributed by atoms with Crippen LogP contribution in [-0.4, -0.2) is 12.6 Å². The second kappa shape index (κ2) is 18.4. The molecule has 0 radical (unpaired) electrons. The molecule has 0 unspecified atom stereocenters. The number of rotatable bonds is 9. The summed E-state index contributed by atoms with van der Waals surface area (Å²) in [6.07, 6.45) is 10.2. The number of carbonyl (C=O) groups is 1. The Morgan fingerprint density at radius 3 is 2.17 bits per heavy atom. The largest absolute Gasteiger partial charge is 0.466 e. The average Bonchev–Trinajstić information content (AvgIpc) is 2.54. The summed E-state index contributed by atoms with van der Waals surface area (Å²) in [5, 5.41) is 0. The van der Waals surface area contributed by atoms with Gasteiger partial charge >= 0.3 is 5.97 Å². The Labute approximate surface area is 149 Å². The van der Waals surface area contributed by atoms with Crippen molar-refractivity contribution in [3.05, 3.63) is 11.1 Å². The lowest BCUT2D eigenvalue weighted by Gasteiger charge is -1.97. The predicted molar refractivity (Wildman–Crippen MR) is 99.6 cm³/mol. The van der Waals surface area contributed by atoms with Crippen molar-refractivity contribution in [2.45, 2.75) is 64.7 Å². The van der Waals surface area contributed by atoms with E-state index >= 15 is 0 Å². The Kier molecular flexibility index (Phi) is 17.1. The zero-order valence-corrected chi connectivity index (χ0v) is 15.5. The van der Waals surface area contributed by atoms with Gasteiger partial charge in [0.25, 0.3) is 0 Å². The highest BCUT2D eigenvalue weighted by molar-refractivity contribution is 9.11. The van der Waals surface area contributed by atoms with Gasteiger partial charge in [0.15, 0.2) is 0 Å². The smallest absolute Gasteiger partial charge is 0.305 e. The highest BCUT2D eigenvalue weighted by atomic mass is 79.9. The SMILES string of the molecule is CCOC(=O)CCCC#CC#CCCCCCCC#C/C=C/Br. The van der Waals surface area contributed by atoms with E-state index in [1.54, 1.807) is 11.1 Å². The summed E-state index contributed by atoms with van der Waals surface area (Å²) in [4.78, 5) is 12.8. The van der Waals surface area contributed by atoms with Crippen LogP contribution in [0.4, 0.5) is 0 Å². The molecule has 23 heavy (non-hydrogen) atoms. The molecule has 0 rings (SSSR count). The van der Waals surface area contributed by atoms with Crippen molar-refractivity contribution < 1.29 is 9.53 Å². The highest BCUT2D eigenvalue weighted by Crippen LogP contribution is 2.04. The Bertz CT molecular complexity index is 515. The fraction of sp³-hybridized carbons (Fsp3) is 0.550. The normalized spacial score (nSPS) is 9.13. The van der Waals surface area contributed by atoms with Crippen molar-refractivity contribution >= 4 is 21.9 Å². The molecule has 0 heterocycles. The minimum Gasteiger partial charge on any atom is -0.466 e. The van der Waals surface area contributed by atoms with Crippen molar-refractivity contribution in [1.29, 1.82) is 0 Å². The van der Waals surface area contributed by atoms with Crippen LogP contribution in [0.1, 0.15) is 64.7 Å². The zero-order chi connectivity index (χ0) is 17.0. The molecule has 0 aliphatic heterocycles. The van der Waals surface area contributed by atoms with Gasteiger partial charge in [0.05, 0.1) is 6.61 Å². The van der Waals surface area contributed by atoms with Crippen molar-refractivity contribution in [2.24, 2.45) is 0 Å². The lowest BCUT2D eigenvalue weighted by atomic mass is 10.1. The first-order valence-corrected chi connectivity index (χ1v) is 9.07. The van der Waals surface area contributed by atoms with E-state index in [-0.39, 0.29) is 5.97 Å². The third kappa shape index (κ3) is 18.3. The third-order valence-corrected chi connectivity index (χ3v) is 3.09. The molecule has 0 fully saturated rings. The first-order chi connectivity index (χ1) is 11.3. The lowest BCUT2D eigenvalue weighted by molar-refractivity contribution is -0.143. The molecule has 0 spiro atoms. The van der Waals surface area contributed by atoms with E-state index in [4.69, 9.17) is 4.74 Å². The molecule has 124 valence electrons. The van der Waals surface area contributed by atoms with Crippen LogP contribution in [0.3, 0.4) is 0 Å². The molecule has 0 N–H and O–H groups in total. The van der Waals surface area contributed by atoms with Gasteiger partial charge in [0, 0.05) is 25.7 Å². The molecular weight excluding hydrogens is 352 g/mol. The Hall–Kier alpha value is -1.63. The van der Waals surface area contributed by atoms with E-state index < -0.39 is 0 Å². The quantitative estimate of drug-likeness (QED) is 0.322. The number of halogens is 1. The van der Waals surface area contributed by atoms with Gasteiger partial charge in [-0.25, -0.2) is 0 Å². The minimum atomic E-state index is -0.147. The molecule has 0 aliphatic rings. The molecule has 0 aromatic carbocycles. The number of ether oxygens (including phenoxy) is 1. The van der Waals surface area contributed by atoms with Crippen LogP contribution >= 0.6 is 15.9 Å². The summed E-state index contributed by atoms with van der Waals surface area (Å²) in [5.41, 5.74) is 0. The Morgan fingerprint density at radius 1 is 0.957 bits per heavy atom. The van der Waals surface area contributed by atoms with Gasteiger partial charge in [0.1, 0.15) is 0 Å². The number of allylic oxidation sites excluding steroid dienone is 1. The number of esters is 1. The molecule has 0 atom stereocenters.